The van der Waals surface area contributed by atoms with Crippen LogP contribution in [0.25, 0.3) is 16.6 Å². The minimum atomic E-state index is 0.263. The Labute approximate surface area is 147 Å². The number of H-pyrrole nitrogens is 1. The highest BCUT2D eigenvalue weighted by atomic mass is 16.3. The van der Waals surface area contributed by atoms with Crippen molar-refractivity contribution in [3.8, 4) is 0 Å². The normalized spacial score (nSPS) is 30.0. The number of aromatic nitrogens is 2. The average Bonchev–Trinajstić information content (AvgIpc) is 3.36. The number of aliphatic hydroxyl groups is 1. The molecule has 2 aliphatic carbocycles. The maximum atomic E-state index is 10.6. The predicted molar refractivity (Wildman–Crippen MR) is 98.5 cm³/mol. The van der Waals surface area contributed by atoms with E-state index >= 15 is 0 Å². The summed E-state index contributed by atoms with van der Waals surface area (Å²) in [5.74, 6) is 3.63. The molecule has 0 saturated heterocycles. The molecule has 2 bridgehead atoms. The Hall–Kier alpha value is -2.30. The molecule has 130 valence electrons. The Kier molecular flexibility index (Phi) is 3.21. The Balaban J connectivity index is 1.42. The molecule has 0 amide bonds. The summed E-state index contributed by atoms with van der Waals surface area (Å²) in [5, 5.41) is 19.3. The molecular formula is C20H24N4O. The molecule has 2 aromatic rings. The van der Waals surface area contributed by atoms with Crippen molar-refractivity contribution in [1.82, 2.24) is 14.9 Å². The molecule has 0 radical (unpaired) electrons. The van der Waals surface area contributed by atoms with E-state index in [2.05, 4.69) is 21.8 Å². The van der Waals surface area contributed by atoms with Crippen LogP contribution in [-0.2, 0) is 0 Å². The summed E-state index contributed by atoms with van der Waals surface area (Å²) < 4.78 is 0. The van der Waals surface area contributed by atoms with Gasteiger partial charge < -0.3 is 15.0 Å². The summed E-state index contributed by atoms with van der Waals surface area (Å²) in [6, 6.07) is 8.12. The smallest absolute Gasteiger partial charge is 0.145 e. The van der Waals surface area contributed by atoms with Gasteiger partial charge in [-0.3, -0.25) is 5.41 Å². The fourth-order valence-electron chi connectivity index (χ4n) is 5.38. The van der Waals surface area contributed by atoms with Gasteiger partial charge in [0, 0.05) is 6.04 Å². The van der Waals surface area contributed by atoms with Gasteiger partial charge in [0.1, 0.15) is 17.4 Å². The van der Waals surface area contributed by atoms with E-state index in [1.807, 2.05) is 24.3 Å². The number of aromatic amines is 1. The highest BCUT2D eigenvalue weighted by Gasteiger charge is 2.45. The van der Waals surface area contributed by atoms with Crippen molar-refractivity contribution in [3.05, 3.63) is 35.8 Å². The lowest BCUT2D eigenvalue weighted by Gasteiger charge is -2.35. The molecule has 5 heteroatoms. The Morgan fingerprint density at radius 2 is 2.12 bits per heavy atom. The maximum Gasteiger partial charge on any atom is 0.145 e. The number of aliphatic hydroxyl groups excluding tert-OH is 1. The van der Waals surface area contributed by atoms with Gasteiger partial charge in [0.25, 0.3) is 0 Å². The lowest BCUT2D eigenvalue weighted by molar-refractivity contribution is 0.184. The predicted octanol–water partition coefficient (Wildman–Crippen LogP) is 3.95. The fourth-order valence-corrected chi connectivity index (χ4v) is 5.38. The third-order valence-electron chi connectivity index (χ3n) is 6.66. The third-order valence-corrected chi connectivity index (χ3v) is 6.66. The van der Waals surface area contributed by atoms with Crippen molar-refractivity contribution >= 4 is 22.4 Å². The van der Waals surface area contributed by atoms with E-state index in [-0.39, 0.29) is 5.76 Å². The van der Waals surface area contributed by atoms with Crippen LogP contribution in [0.2, 0.25) is 0 Å². The number of benzene rings is 1. The van der Waals surface area contributed by atoms with Gasteiger partial charge in [-0.1, -0.05) is 18.6 Å². The molecule has 0 unspecified atom stereocenters. The Bertz CT molecular complexity index is 850. The summed E-state index contributed by atoms with van der Waals surface area (Å²) in [5.41, 5.74) is 2.36. The molecule has 2 heterocycles. The molecule has 3 N–H and O–H groups in total. The van der Waals surface area contributed by atoms with Gasteiger partial charge in [0.2, 0.25) is 0 Å². The molecule has 1 aliphatic heterocycles. The topological polar surface area (TPSA) is 76.0 Å². The third kappa shape index (κ3) is 2.21. The standard InChI is InChI=1S/C20H24N4O/c1-11(14-9-12-6-7-13(14)8-12)24-10-17(25)18(19(24)21)20-22-15-4-2-3-5-16(15)23-20/h2-5,11-14,21,25H,6-10H2,1H3,(H,22,23)/t11-,12+,13-,14+/m0/s1. The van der Waals surface area contributed by atoms with Crippen molar-refractivity contribution < 1.29 is 5.11 Å². The van der Waals surface area contributed by atoms with Gasteiger partial charge in [-0.2, -0.15) is 0 Å². The lowest BCUT2D eigenvalue weighted by Crippen LogP contribution is -2.42. The number of hydrogen-bond acceptors (Lipinski definition) is 3. The number of nitrogens with zero attached hydrogens (tertiary/aromatic N) is 2. The lowest BCUT2D eigenvalue weighted by atomic mass is 9.83. The zero-order chi connectivity index (χ0) is 17.1. The monoisotopic (exact) mass is 336 g/mol. The van der Waals surface area contributed by atoms with Crippen LogP contribution in [0.5, 0.6) is 0 Å². The van der Waals surface area contributed by atoms with E-state index in [9.17, 15) is 5.11 Å². The van der Waals surface area contributed by atoms with Gasteiger partial charge in [0.05, 0.1) is 23.2 Å². The first kappa shape index (κ1) is 15.0. The van der Waals surface area contributed by atoms with Crippen LogP contribution in [0.1, 0.15) is 38.4 Å². The summed E-state index contributed by atoms with van der Waals surface area (Å²) in [4.78, 5) is 9.91. The quantitative estimate of drug-likeness (QED) is 0.794. The molecule has 25 heavy (non-hydrogen) atoms. The van der Waals surface area contributed by atoms with E-state index in [0.717, 1.165) is 22.9 Å². The molecule has 4 atom stereocenters. The average molecular weight is 336 g/mol. The van der Waals surface area contributed by atoms with E-state index in [1.54, 1.807) is 0 Å². The zero-order valence-electron chi connectivity index (χ0n) is 14.5. The second kappa shape index (κ2) is 5.35. The van der Waals surface area contributed by atoms with Gasteiger partial charge in [0.15, 0.2) is 0 Å². The zero-order valence-corrected chi connectivity index (χ0v) is 14.5. The van der Waals surface area contributed by atoms with E-state index in [4.69, 9.17) is 5.41 Å². The molecule has 0 spiro atoms. The fraction of sp³-hybridized carbons (Fsp3) is 0.500. The maximum absolute atomic E-state index is 10.6. The van der Waals surface area contributed by atoms with Crippen LogP contribution >= 0.6 is 0 Å². The Morgan fingerprint density at radius 1 is 1.28 bits per heavy atom. The van der Waals surface area contributed by atoms with Crippen LogP contribution in [0, 0.1) is 23.2 Å². The summed E-state index contributed by atoms with van der Waals surface area (Å²) >= 11 is 0. The van der Waals surface area contributed by atoms with Crippen molar-refractivity contribution in [2.24, 2.45) is 17.8 Å². The van der Waals surface area contributed by atoms with Crippen molar-refractivity contribution in [1.29, 1.82) is 5.41 Å². The molecule has 2 fully saturated rings. The highest BCUT2D eigenvalue weighted by molar-refractivity contribution is 6.23. The molecule has 1 aromatic heterocycles. The largest absolute Gasteiger partial charge is 0.510 e. The molecule has 5 rings (SSSR count). The summed E-state index contributed by atoms with van der Waals surface area (Å²) in [6.45, 7) is 2.66. The molecule has 2 saturated carbocycles. The first-order valence-corrected chi connectivity index (χ1v) is 9.34. The van der Waals surface area contributed by atoms with Crippen LogP contribution in [0.3, 0.4) is 0 Å². The van der Waals surface area contributed by atoms with Crippen molar-refractivity contribution in [2.45, 2.75) is 38.6 Å². The van der Waals surface area contributed by atoms with Crippen LogP contribution in [-0.4, -0.2) is 38.4 Å². The number of imidazole rings is 1. The summed E-state index contributed by atoms with van der Waals surface area (Å²) in [6.07, 6.45) is 5.39. The Morgan fingerprint density at radius 3 is 2.84 bits per heavy atom. The second-order valence-corrected chi connectivity index (χ2v) is 7.98. The molecular weight excluding hydrogens is 312 g/mol. The molecule has 3 aliphatic rings. The number of nitrogens with one attached hydrogen (secondary N) is 2. The van der Waals surface area contributed by atoms with E-state index < -0.39 is 0 Å². The number of para-hydroxylation sites is 2. The van der Waals surface area contributed by atoms with Crippen LogP contribution in [0.4, 0.5) is 0 Å². The van der Waals surface area contributed by atoms with E-state index in [1.165, 1.54) is 25.7 Å². The second-order valence-electron chi connectivity index (χ2n) is 7.98. The SMILES string of the molecule is C[C@@H]([C@H]1C[C@@H]2CC[C@H]1C2)N1CC(O)=C(c2nc3ccccc3[nH]2)C1=N. The number of amidine groups is 1. The highest BCUT2D eigenvalue weighted by Crippen LogP contribution is 2.50. The van der Waals surface area contributed by atoms with Gasteiger partial charge >= 0.3 is 0 Å². The van der Waals surface area contributed by atoms with Crippen LogP contribution in [0.15, 0.2) is 30.0 Å². The van der Waals surface area contributed by atoms with Crippen LogP contribution < -0.4 is 0 Å². The molecule has 1 aromatic carbocycles. The number of rotatable bonds is 3. The van der Waals surface area contributed by atoms with E-state index in [0.29, 0.717) is 35.7 Å². The molecule has 5 nitrogen and oxygen atoms in total. The summed E-state index contributed by atoms with van der Waals surface area (Å²) in [7, 11) is 0. The minimum Gasteiger partial charge on any atom is -0.510 e. The number of hydrogen-bond donors (Lipinski definition) is 3. The van der Waals surface area contributed by atoms with Crippen molar-refractivity contribution in [2.75, 3.05) is 6.54 Å². The minimum absolute atomic E-state index is 0.263. The first-order valence-electron chi connectivity index (χ1n) is 9.34. The van der Waals surface area contributed by atoms with Gasteiger partial charge in [-0.25, -0.2) is 4.98 Å². The van der Waals surface area contributed by atoms with Crippen molar-refractivity contribution in [3.63, 3.8) is 0 Å². The number of fused-ring (bicyclic) bond motifs is 3. The first-order chi connectivity index (χ1) is 12.1. The van der Waals surface area contributed by atoms with Gasteiger partial charge in [-0.05, 0) is 56.1 Å². The van der Waals surface area contributed by atoms with Gasteiger partial charge in [-0.15, -0.1) is 0 Å².